The molecule has 0 aliphatic carbocycles. The van der Waals surface area contributed by atoms with Crippen LogP contribution in [0.2, 0.25) is 0 Å². The van der Waals surface area contributed by atoms with Gasteiger partial charge in [0, 0.05) is 31.6 Å². The molecule has 0 saturated carbocycles. The van der Waals surface area contributed by atoms with Crippen molar-refractivity contribution in [2.45, 2.75) is 39.2 Å². The van der Waals surface area contributed by atoms with E-state index >= 15 is 0 Å². The maximum Gasteiger partial charge on any atom is 0.223 e. The SMILES string of the molecule is Cc1ccccc1CCC(=O)N1CCNC(C)(C)C1. The van der Waals surface area contributed by atoms with E-state index in [1.807, 2.05) is 17.0 Å². The van der Waals surface area contributed by atoms with Gasteiger partial charge in [-0.1, -0.05) is 24.3 Å². The van der Waals surface area contributed by atoms with Crippen LogP contribution in [0.1, 0.15) is 31.4 Å². The van der Waals surface area contributed by atoms with Gasteiger partial charge in [0.2, 0.25) is 5.91 Å². The summed E-state index contributed by atoms with van der Waals surface area (Å²) in [5, 5.41) is 3.43. The molecule has 1 aromatic rings. The third-order valence-electron chi connectivity index (χ3n) is 3.79. The quantitative estimate of drug-likeness (QED) is 0.903. The lowest BCUT2D eigenvalue weighted by molar-refractivity contribution is -0.133. The van der Waals surface area contributed by atoms with Gasteiger partial charge in [-0.25, -0.2) is 0 Å². The molecule has 1 fully saturated rings. The largest absolute Gasteiger partial charge is 0.340 e. The van der Waals surface area contributed by atoms with Crippen LogP contribution >= 0.6 is 0 Å². The van der Waals surface area contributed by atoms with Gasteiger partial charge in [0.1, 0.15) is 0 Å². The predicted octanol–water partition coefficient (Wildman–Crippen LogP) is 2.14. The fourth-order valence-electron chi connectivity index (χ4n) is 2.64. The van der Waals surface area contributed by atoms with E-state index in [-0.39, 0.29) is 11.4 Å². The van der Waals surface area contributed by atoms with Crippen molar-refractivity contribution in [2.24, 2.45) is 0 Å². The van der Waals surface area contributed by atoms with Crippen LogP contribution in [0.25, 0.3) is 0 Å². The second-order valence-corrected chi connectivity index (χ2v) is 6.05. The number of amides is 1. The van der Waals surface area contributed by atoms with Crippen LogP contribution in [0.4, 0.5) is 0 Å². The minimum absolute atomic E-state index is 0.0383. The van der Waals surface area contributed by atoms with Gasteiger partial charge in [-0.2, -0.15) is 0 Å². The van der Waals surface area contributed by atoms with Gasteiger partial charge in [0.05, 0.1) is 0 Å². The Bertz CT molecular complexity index is 454. The molecule has 104 valence electrons. The molecule has 1 aliphatic heterocycles. The molecule has 3 nitrogen and oxygen atoms in total. The number of hydrogen-bond donors (Lipinski definition) is 1. The first kappa shape index (κ1) is 14.1. The summed E-state index contributed by atoms with van der Waals surface area (Å²) in [5.74, 6) is 0.276. The molecule has 1 aliphatic rings. The minimum atomic E-state index is 0.0383. The summed E-state index contributed by atoms with van der Waals surface area (Å²) in [6.45, 7) is 8.92. The monoisotopic (exact) mass is 260 g/mol. The second-order valence-electron chi connectivity index (χ2n) is 6.05. The van der Waals surface area contributed by atoms with Gasteiger partial charge in [0.25, 0.3) is 0 Å². The standard InChI is InChI=1S/C16H24N2O/c1-13-6-4-5-7-14(13)8-9-15(19)18-11-10-17-16(2,3)12-18/h4-7,17H,8-12H2,1-3H3. The van der Waals surface area contributed by atoms with Gasteiger partial charge in [-0.15, -0.1) is 0 Å². The van der Waals surface area contributed by atoms with E-state index < -0.39 is 0 Å². The smallest absolute Gasteiger partial charge is 0.223 e. The first-order chi connectivity index (χ1) is 8.98. The Balaban J connectivity index is 1.90. The second kappa shape index (κ2) is 5.74. The fraction of sp³-hybridized carbons (Fsp3) is 0.562. The molecule has 1 aromatic carbocycles. The Morgan fingerprint density at radius 1 is 1.37 bits per heavy atom. The van der Waals surface area contributed by atoms with Crippen LogP contribution < -0.4 is 5.32 Å². The van der Waals surface area contributed by atoms with Gasteiger partial charge >= 0.3 is 0 Å². The van der Waals surface area contributed by atoms with Crippen molar-refractivity contribution in [1.82, 2.24) is 10.2 Å². The topological polar surface area (TPSA) is 32.3 Å². The Kier molecular flexibility index (Phi) is 4.25. The van der Waals surface area contributed by atoms with E-state index in [4.69, 9.17) is 0 Å². The maximum atomic E-state index is 12.3. The number of benzene rings is 1. The molecule has 1 saturated heterocycles. The van der Waals surface area contributed by atoms with E-state index in [1.54, 1.807) is 0 Å². The first-order valence-corrected chi connectivity index (χ1v) is 7.05. The normalized spacial score (nSPS) is 18.4. The average Bonchev–Trinajstić information content (AvgIpc) is 2.36. The highest BCUT2D eigenvalue weighted by Crippen LogP contribution is 2.14. The lowest BCUT2D eigenvalue weighted by Crippen LogP contribution is -2.58. The van der Waals surface area contributed by atoms with Crippen molar-refractivity contribution in [2.75, 3.05) is 19.6 Å². The molecule has 0 spiro atoms. The number of nitrogens with one attached hydrogen (secondary N) is 1. The van der Waals surface area contributed by atoms with Crippen molar-refractivity contribution in [3.8, 4) is 0 Å². The number of aryl methyl sites for hydroxylation is 2. The van der Waals surface area contributed by atoms with E-state index in [0.717, 1.165) is 26.1 Å². The number of carbonyl (C=O) groups excluding carboxylic acids is 1. The summed E-state index contributed by atoms with van der Waals surface area (Å²) in [4.78, 5) is 14.3. The van der Waals surface area contributed by atoms with Crippen molar-refractivity contribution < 1.29 is 4.79 Å². The summed E-state index contributed by atoms with van der Waals surface area (Å²) in [6, 6.07) is 8.30. The Hall–Kier alpha value is -1.35. The highest BCUT2D eigenvalue weighted by Gasteiger charge is 2.28. The highest BCUT2D eigenvalue weighted by atomic mass is 16.2. The van der Waals surface area contributed by atoms with E-state index in [1.165, 1.54) is 11.1 Å². The van der Waals surface area contributed by atoms with E-state index in [0.29, 0.717) is 6.42 Å². The molecule has 0 aromatic heterocycles. The van der Waals surface area contributed by atoms with Gasteiger partial charge < -0.3 is 10.2 Å². The third kappa shape index (κ3) is 3.80. The molecule has 0 unspecified atom stereocenters. The summed E-state index contributed by atoms with van der Waals surface area (Å²) >= 11 is 0. The fourth-order valence-corrected chi connectivity index (χ4v) is 2.64. The zero-order chi connectivity index (χ0) is 13.9. The van der Waals surface area contributed by atoms with E-state index in [2.05, 4.69) is 38.2 Å². The Morgan fingerprint density at radius 3 is 2.79 bits per heavy atom. The van der Waals surface area contributed by atoms with Gasteiger partial charge in [-0.05, 0) is 38.3 Å². The molecule has 1 amide bonds. The van der Waals surface area contributed by atoms with Crippen LogP contribution in [0.5, 0.6) is 0 Å². The minimum Gasteiger partial charge on any atom is -0.340 e. The molecule has 19 heavy (non-hydrogen) atoms. The van der Waals surface area contributed by atoms with Crippen LogP contribution in [0, 0.1) is 6.92 Å². The first-order valence-electron chi connectivity index (χ1n) is 7.05. The van der Waals surface area contributed by atoms with Crippen molar-refractivity contribution in [1.29, 1.82) is 0 Å². The number of rotatable bonds is 3. The van der Waals surface area contributed by atoms with Crippen LogP contribution in [0.3, 0.4) is 0 Å². The van der Waals surface area contributed by atoms with Crippen molar-refractivity contribution in [3.05, 3.63) is 35.4 Å². The molecule has 0 radical (unpaired) electrons. The summed E-state index contributed by atoms with van der Waals surface area (Å²) in [7, 11) is 0. The highest BCUT2D eigenvalue weighted by molar-refractivity contribution is 5.76. The molecular weight excluding hydrogens is 236 g/mol. The Morgan fingerprint density at radius 2 is 2.11 bits per heavy atom. The third-order valence-corrected chi connectivity index (χ3v) is 3.79. The number of piperazine rings is 1. The number of carbonyl (C=O) groups is 1. The number of nitrogens with zero attached hydrogens (tertiary/aromatic N) is 1. The lowest BCUT2D eigenvalue weighted by Gasteiger charge is -2.39. The Labute approximate surface area is 116 Å². The molecule has 1 heterocycles. The predicted molar refractivity (Wildman–Crippen MR) is 78.2 cm³/mol. The number of hydrogen-bond acceptors (Lipinski definition) is 2. The van der Waals surface area contributed by atoms with E-state index in [9.17, 15) is 4.79 Å². The van der Waals surface area contributed by atoms with Crippen molar-refractivity contribution >= 4 is 5.91 Å². The summed E-state index contributed by atoms with van der Waals surface area (Å²) in [5.41, 5.74) is 2.59. The lowest BCUT2D eigenvalue weighted by atomic mass is 10.0. The summed E-state index contributed by atoms with van der Waals surface area (Å²) < 4.78 is 0. The van der Waals surface area contributed by atoms with Crippen LogP contribution in [0.15, 0.2) is 24.3 Å². The summed E-state index contributed by atoms with van der Waals surface area (Å²) in [6.07, 6.45) is 1.46. The maximum absolute atomic E-state index is 12.3. The molecule has 0 atom stereocenters. The zero-order valence-electron chi connectivity index (χ0n) is 12.2. The van der Waals surface area contributed by atoms with Crippen LogP contribution in [-0.4, -0.2) is 36.0 Å². The molecule has 3 heteroatoms. The van der Waals surface area contributed by atoms with Gasteiger partial charge in [-0.3, -0.25) is 4.79 Å². The van der Waals surface area contributed by atoms with Crippen molar-refractivity contribution in [3.63, 3.8) is 0 Å². The average molecular weight is 260 g/mol. The molecular formula is C16H24N2O. The zero-order valence-corrected chi connectivity index (χ0v) is 12.2. The molecule has 1 N–H and O–H groups in total. The molecule has 0 bridgehead atoms. The molecule has 2 rings (SSSR count). The van der Waals surface area contributed by atoms with Gasteiger partial charge in [0.15, 0.2) is 0 Å². The van der Waals surface area contributed by atoms with Crippen LogP contribution in [-0.2, 0) is 11.2 Å².